The van der Waals surface area contributed by atoms with Crippen LogP contribution in [0, 0.1) is 16.0 Å². The predicted octanol–water partition coefficient (Wildman–Crippen LogP) is 3.65. The lowest BCUT2D eigenvalue weighted by Gasteiger charge is -2.35. The predicted molar refractivity (Wildman–Crippen MR) is 111 cm³/mol. The molecule has 10 heteroatoms. The molecule has 30 heavy (non-hydrogen) atoms. The number of halogens is 1. The molecule has 1 N–H and O–H groups in total. The summed E-state index contributed by atoms with van der Waals surface area (Å²) in [5.74, 6) is -0.336. The molecule has 0 spiro atoms. The molecule has 0 radical (unpaired) electrons. The average Bonchev–Trinajstić information content (AvgIpc) is 2.69. The van der Waals surface area contributed by atoms with Gasteiger partial charge in [0.1, 0.15) is 18.0 Å². The van der Waals surface area contributed by atoms with Gasteiger partial charge in [-0.3, -0.25) is 24.6 Å². The molecule has 2 aromatic rings. The van der Waals surface area contributed by atoms with Crippen molar-refractivity contribution in [2.75, 3.05) is 23.9 Å². The summed E-state index contributed by atoms with van der Waals surface area (Å²) in [5, 5.41) is 14.1. The van der Waals surface area contributed by atoms with Gasteiger partial charge in [0.25, 0.3) is 11.6 Å². The minimum absolute atomic E-state index is 0.160. The Morgan fingerprint density at radius 1 is 1.33 bits per heavy atom. The molecule has 1 aliphatic heterocycles. The van der Waals surface area contributed by atoms with E-state index in [0.717, 1.165) is 0 Å². The zero-order chi connectivity index (χ0) is 22.0. The van der Waals surface area contributed by atoms with Crippen molar-refractivity contribution in [1.82, 2.24) is 0 Å². The van der Waals surface area contributed by atoms with E-state index in [1.807, 2.05) is 13.8 Å². The minimum atomic E-state index is -0.804. The van der Waals surface area contributed by atoms with Crippen molar-refractivity contribution >= 4 is 40.5 Å². The number of nitro benzene ring substituents is 1. The first-order valence-electron chi connectivity index (χ1n) is 9.11. The Hall–Kier alpha value is -3.33. The minimum Gasteiger partial charge on any atom is -0.495 e. The molecule has 2 aromatic carbocycles. The number of fused-ring (bicyclic) bond motifs is 1. The molecule has 1 atom stereocenters. The second kappa shape index (κ2) is 8.58. The summed E-state index contributed by atoms with van der Waals surface area (Å²) in [4.78, 5) is 37.4. The third-order valence-electron chi connectivity index (χ3n) is 4.55. The van der Waals surface area contributed by atoms with Gasteiger partial charge in [-0.2, -0.15) is 0 Å². The Bertz CT molecular complexity index is 1010. The highest BCUT2D eigenvalue weighted by molar-refractivity contribution is 6.32. The molecule has 0 aromatic heterocycles. The summed E-state index contributed by atoms with van der Waals surface area (Å²) in [6, 6.07) is 8.69. The van der Waals surface area contributed by atoms with Gasteiger partial charge in [-0.25, -0.2) is 0 Å². The molecular weight excluding hydrogens is 414 g/mol. The van der Waals surface area contributed by atoms with Crippen LogP contribution in [0.4, 0.5) is 17.1 Å². The normalized spacial score (nSPS) is 15.4. The van der Waals surface area contributed by atoms with Crippen LogP contribution in [-0.2, 0) is 9.59 Å². The van der Waals surface area contributed by atoms with Crippen LogP contribution in [0.5, 0.6) is 11.5 Å². The van der Waals surface area contributed by atoms with Gasteiger partial charge in [-0.15, -0.1) is 0 Å². The number of ether oxygens (including phenoxy) is 2. The molecule has 0 saturated carbocycles. The van der Waals surface area contributed by atoms with Crippen molar-refractivity contribution in [3.05, 3.63) is 51.5 Å². The van der Waals surface area contributed by atoms with Crippen molar-refractivity contribution in [2.45, 2.75) is 20.0 Å². The molecule has 3 rings (SSSR count). The fourth-order valence-corrected chi connectivity index (χ4v) is 3.32. The first-order chi connectivity index (χ1) is 14.2. The lowest BCUT2D eigenvalue weighted by molar-refractivity contribution is -0.384. The lowest BCUT2D eigenvalue weighted by Crippen LogP contribution is -2.50. The number of carbonyl (C=O) groups is 2. The maximum Gasteiger partial charge on any atom is 0.271 e. The molecule has 0 fully saturated rings. The number of non-ortho nitro benzene ring substituents is 1. The monoisotopic (exact) mass is 433 g/mol. The van der Waals surface area contributed by atoms with Crippen LogP contribution in [0.2, 0.25) is 5.02 Å². The maximum absolute atomic E-state index is 12.9. The van der Waals surface area contributed by atoms with Crippen molar-refractivity contribution in [3.63, 3.8) is 0 Å². The number of rotatable bonds is 6. The van der Waals surface area contributed by atoms with Gasteiger partial charge >= 0.3 is 0 Å². The van der Waals surface area contributed by atoms with E-state index in [0.29, 0.717) is 22.2 Å². The quantitative estimate of drug-likeness (QED) is 0.549. The van der Waals surface area contributed by atoms with E-state index in [9.17, 15) is 19.7 Å². The smallest absolute Gasteiger partial charge is 0.271 e. The number of hydrogen-bond donors (Lipinski definition) is 1. The van der Waals surface area contributed by atoms with E-state index >= 15 is 0 Å². The maximum atomic E-state index is 12.9. The number of hydrogen-bond acceptors (Lipinski definition) is 6. The molecule has 1 unspecified atom stereocenters. The van der Waals surface area contributed by atoms with Crippen molar-refractivity contribution in [1.29, 1.82) is 0 Å². The molecule has 1 heterocycles. The van der Waals surface area contributed by atoms with Gasteiger partial charge in [0.15, 0.2) is 6.10 Å². The van der Waals surface area contributed by atoms with E-state index < -0.39 is 22.8 Å². The number of nitro groups is 1. The first kappa shape index (κ1) is 21.4. The number of anilines is 2. The summed E-state index contributed by atoms with van der Waals surface area (Å²) in [5.41, 5.74) is 0.390. The van der Waals surface area contributed by atoms with Crippen LogP contribution >= 0.6 is 11.6 Å². The second-order valence-electron chi connectivity index (χ2n) is 7.01. The van der Waals surface area contributed by atoms with Gasteiger partial charge in [0.05, 0.1) is 22.7 Å². The Kier molecular flexibility index (Phi) is 6.12. The third-order valence-corrected chi connectivity index (χ3v) is 4.85. The summed E-state index contributed by atoms with van der Waals surface area (Å²) in [7, 11) is 1.48. The molecule has 2 amide bonds. The standard InChI is InChI=1S/C20H20ClN3O6/c1-11(2)19-20(26)23(15-9-13(24(27)28)5-7-17(15)30-19)10-18(25)22-12-4-6-16(29-3)14(21)8-12/h4-9,11,19H,10H2,1-3H3,(H,22,25). The molecule has 1 aliphatic rings. The number of carbonyl (C=O) groups excluding carboxylic acids is 2. The number of nitrogens with zero attached hydrogens (tertiary/aromatic N) is 2. The van der Waals surface area contributed by atoms with Crippen LogP contribution < -0.4 is 19.7 Å². The Balaban J connectivity index is 1.88. The van der Waals surface area contributed by atoms with Gasteiger partial charge in [0, 0.05) is 17.8 Å². The van der Waals surface area contributed by atoms with Crippen LogP contribution in [-0.4, -0.2) is 36.5 Å². The topological polar surface area (TPSA) is 111 Å². The van der Waals surface area contributed by atoms with Gasteiger partial charge in [-0.05, 0) is 30.2 Å². The van der Waals surface area contributed by atoms with E-state index in [4.69, 9.17) is 21.1 Å². The zero-order valence-corrected chi connectivity index (χ0v) is 17.3. The molecule has 158 valence electrons. The number of methoxy groups -OCH3 is 1. The van der Waals surface area contributed by atoms with Crippen molar-refractivity contribution in [3.8, 4) is 11.5 Å². The highest BCUT2D eigenvalue weighted by Gasteiger charge is 2.38. The van der Waals surface area contributed by atoms with Crippen molar-refractivity contribution in [2.24, 2.45) is 5.92 Å². The number of benzene rings is 2. The van der Waals surface area contributed by atoms with Gasteiger partial charge < -0.3 is 14.8 Å². The Morgan fingerprint density at radius 2 is 2.07 bits per heavy atom. The van der Waals surface area contributed by atoms with Gasteiger partial charge in [0.2, 0.25) is 5.91 Å². The summed E-state index contributed by atoms with van der Waals surface area (Å²) in [6.07, 6.45) is -0.804. The summed E-state index contributed by atoms with van der Waals surface area (Å²) in [6.45, 7) is 3.29. The molecule has 9 nitrogen and oxygen atoms in total. The SMILES string of the molecule is COc1ccc(NC(=O)CN2C(=O)C(C(C)C)Oc3ccc([N+](=O)[O-])cc32)cc1Cl. The lowest BCUT2D eigenvalue weighted by atomic mass is 10.0. The fourth-order valence-electron chi connectivity index (χ4n) is 3.06. The van der Waals surface area contributed by atoms with E-state index in [1.54, 1.807) is 12.1 Å². The Labute approximate surface area is 177 Å². The molecule has 0 aliphatic carbocycles. The number of amides is 2. The molecule has 0 bridgehead atoms. The molecular formula is C20H20ClN3O6. The fraction of sp³-hybridized carbons (Fsp3) is 0.300. The van der Waals surface area contributed by atoms with E-state index in [2.05, 4.69) is 5.32 Å². The highest BCUT2D eigenvalue weighted by Crippen LogP contribution is 2.38. The van der Waals surface area contributed by atoms with Crippen molar-refractivity contribution < 1.29 is 24.0 Å². The highest BCUT2D eigenvalue weighted by atomic mass is 35.5. The van der Waals surface area contributed by atoms with E-state index in [1.165, 1.54) is 36.3 Å². The second-order valence-corrected chi connectivity index (χ2v) is 7.42. The number of nitrogens with one attached hydrogen (secondary N) is 1. The van der Waals surface area contributed by atoms with Crippen LogP contribution in [0.3, 0.4) is 0 Å². The zero-order valence-electron chi connectivity index (χ0n) is 16.5. The summed E-state index contributed by atoms with van der Waals surface area (Å²) >= 11 is 6.07. The average molecular weight is 434 g/mol. The largest absolute Gasteiger partial charge is 0.495 e. The Morgan fingerprint density at radius 3 is 2.67 bits per heavy atom. The first-order valence-corrected chi connectivity index (χ1v) is 9.49. The summed E-state index contributed by atoms with van der Waals surface area (Å²) < 4.78 is 10.8. The van der Waals surface area contributed by atoms with Gasteiger partial charge in [-0.1, -0.05) is 25.4 Å². The van der Waals surface area contributed by atoms with Crippen LogP contribution in [0.15, 0.2) is 36.4 Å². The van der Waals surface area contributed by atoms with Crippen LogP contribution in [0.1, 0.15) is 13.8 Å². The third kappa shape index (κ3) is 4.30. The van der Waals surface area contributed by atoms with E-state index in [-0.39, 0.29) is 23.8 Å². The molecule has 0 saturated heterocycles. The van der Waals surface area contributed by atoms with Crippen LogP contribution in [0.25, 0.3) is 0 Å².